The van der Waals surface area contributed by atoms with E-state index in [4.69, 9.17) is 0 Å². The molecular formula is C7H9Br. The van der Waals surface area contributed by atoms with E-state index < -0.39 is 0 Å². The van der Waals surface area contributed by atoms with Gasteiger partial charge in [0.15, 0.2) is 0 Å². The first-order valence-corrected chi connectivity index (χ1v) is 3.71. The van der Waals surface area contributed by atoms with Gasteiger partial charge in [-0.05, 0) is 5.92 Å². The summed E-state index contributed by atoms with van der Waals surface area (Å²) < 4.78 is 0. The van der Waals surface area contributed by atoms with E-state index in [1.807, 2.05) is 0 Å². The van der Waals surface area contributed by atoms with Gasteiger partial charge in [-0.25, -0.2) is 0 Å². The molecule has 0 saturated heterocycles. The summed E-state index contributed by atoms with van der Waals surface area (Å²) in [5.41, 5.74) is 0. The molecule has 0 saturated carbocycles. The molecule has 0 nitrogen and oxygen atoms in total. The van der Waals surface area contributed by atoms with Crippen molar-refractivity contribution in [3.63, 3.8) is 0 Å². The number of hydrogen-bond acceptors (Lipinski definition) is 0. The summed E-state index contributed by atoms with van der Waals surface area (Å²) in [6.07, 6.45) is 8.51. The molecule has 0 bridgehead atoms. The highest BCUT2D eigenvalue weighted by atomic mass is 79.9. The van der Waals surface area contributed by atoms with Gasteiger partial charge < -0.3 is 0 Å². The zero-order valence-electron chi connectivity index (χ0n) is 4.84. The Labute approximate surface area is 58.4 Å². The van der Waals surface area contributed by atoms with Gasteiger partial charge in [0, 0.05) is 4.83 Å². The minimum Gasteiger partial charge on any atom is -0.0839 e. The molecule has 0 radical (unpaired) electrons. The first-order valence-electron chi connectivity index (χ1n) is 2.80. The molecule has 1 aliphatic rings. The monoisotopic (exact) mass is 172 g/mol. The van der Waals surface area contributed by atoms with Crippen LogP contribution in [0.2, 0.25) is 0 Å². The fraction of sp³-hybridized carbons (Fsp3) is 0.429. The van der Waals surface area contributed by atoms with Gasteiger partial charge in [0.25, 0.3) is 0 Å². The third-order valence-corrected chi connectivity index (χ3v) is 2.46. The van der Waals surface area contributed by atoms with Crippen molar-refractivity contribution in [2.75, 3.05) is 0 Å². The van der Waals surface area contributed by atoms with Gasteiger partial charge in [-0.2, -0.15) is 0 Å². The van der Waals surface area contributed by atoms with Gasteiger partial charge in [0.2, 0.25) is 0 Å². The first-order chi connectivity index (χ1) is 3.80. The number of halogens is 1. The molecule has 0 amide bonds. The summed E-state index contributed by atoms with van der Waals surface area (Å²) in [6.45, 7) is 2.19. The summed E-state index contributed by atoms with van der Waals surface area (Å²) in [5.74, 6) is 0.653. The fourth-order valence-electron chi connectivity index (χ4n) is 0.691. The summed E-state index contributed by atoms with van der Waals surface area (Å²) in [6, 6.07) is 0. The number of alkyl halides is 1. The van der Waals surface area contributed by atoms with E-state index in [0.29, 0.717) is 10.7 Å². The summed E-state index contributed by atoms with van der Waals surface area (Å²) in [5, 5.41) is 0. The number of rotatable bonds is 0. The van der Waals surface area contributed by atoms with Crippen molar-refractivity contribution in [1.82, 2.24) is 0 Å². The van der Waals surface area contributed by atoms with Crippen LogP contribution in [0.5, 0.6) is 0 Å². The normalized spacial score (nSPS) is 35.8. The minimum atomic E-state index is 0.549. The molecule has 2 unspecified atom stereocenters. The highest BCUT2D eigenvalue weighted by Crippen LogP contribution is 2.18. The number of allylic oxidation sites excluding steroid dienone is 4. The topological polar surface area (TPSA) is 0 Å². The van der Waals surface area contributed by atoms with Gasteiger partial charge >= 0.3 is 0 Å². The lowest BCUT2D eigenvalue weighted by Crippen LogP contribution is -2.06. The predicted molar refractivity (Wildman–Crippen MR) is 40.2 cm³/mol. The van der Waals surface area contributed by atoms with Gasteiger partial charge in [0.05, 0.1) is 0 Å². The average Bonchev–Trinajstić information content (AvgIpc) is 1.77. The third kappa shape index (κ3) is 1.22. The van der Waals surface area contributed by atoms with Crippen molar-refractivity contribution in [2.24, 2.45) is 5.92 Å². The van der Waals surface area contributed by atoms with Crippen LogP contribution in [-0.4, -0.2) is 4.83 Å². The molecule has 44 valence electrons. The average molecular weight is 173 g/mol. The van der Waals surface area contributed by atoms with Crippen molar-refractivity contribution < 1.29 is 0 Å². The molecule has 0 aromatic rings. The van der Waals surface area contributed by atoms with E-state index in [1.54, 1.807) is 0 Å². The second-order valence-corrected chi connectivity index (χ2v) is 3.13. The van der Waals surface area contributed by atoms with Crippen LogP contribution in [0.25, 0.3) is 0 Å². The van der Waals surface area contributed by atoms with E-state index in [-0.39, 0.29) is 0 Å². The molecule has 1 rings (SSSR count). The predicted octanol–water partition coefficient (Wildman–Crippen LogP) is 2.51. The Morgan fingerprint density at radius 1 is 1.25 bits per heavy atom. The molecule has 1 aliphatic carbocycles. The molecule has 8 heavy (non-hydrogen) atoms. The molecule has 0 spiro atoms. The molecule has 0 aromatic carbocycles. The maximum Gasteiger partial charge on any atom is 0.0388 e. The van der Waals surface area contributed by atoms with Crippen LogP contribution in [0.15, 0.2) is 24.3 Å². The highest BCUT2D eigenvalue weighted by Gasteiger charge is 2.07. The Bertz CT molecular complexity index is 108. The highest BCUT2D eigenvalue weighted by molar-refractivity contribution is 9.09. The van der Waals surface area contributed by atoms with Crippen LogP contribution in [0.1, 0.15) is 6.92 Å². The van der Waals surface area contributed by atoms with Gasteiger partial charge in [-0.1, -0.05) is 47.2 Å². The molecule has 0 heterocycles. The lowest BCUT2D eigenvalue weighted by molar-refractivity contribution is 0.762. The van der Waals surface area contributed by atoms with Crippen molar-refractivity contribution >= 4 is 15.9 Å². The Hall–Kier alpha value is -0.0400. The summed E-state index contributed by atoms with van der Waals surface area (Å²) >= 11 is 3.52. The molecule has 0 aromatic heterocycles. The van der Waals surface area contributed by atoms with E-state index in [0.717, 1.165) is 0 Å². The zero-order chi connectivity index (χ0) is 5.98. The zero-order valence-corrected chi connectivity index (χ0v) is 6.43. The van der Waals surface area contributed by atoms with Crippen LogP contribution in [0.3, 0.4) is 0 Å². The largest absolute Gasteiger partial charge is 0.0839 e. The minimum absolute atomic E-state index is 0.549. The van der Waals surface area contributed by atoms with Gasteiger partial charge in [-0.15, -0.1) is 0 Å². The second-order valence-electron chi connectivity index (χ2n) is 2.07. The maximum absolute atomic E-state index is 3.52. The number of hydrogen-bond donors (Lipinski definition) is 0. The maximum atomic E-state index is 3.52. The Balaban J connectivity index is 2.59. The Morgan fingerprint density at radius 2 is 1.88 bits per heavy atom. The standard InChI is InChI=1S/C7H9Br/c1-6-4-2-3-5-7(6)8/h2-7H,1H3. The smallest absolute Gasteiger partial charge is 0.0388 e. The second kappa shape index (κ2) is 2.49. The van der Waals surface area contributed by atoms with Crippen LogP contribution in [0, 0.1) is 5.92 Å². The Kier molecular flexibility index (Phi) is 1.90. The van der Waals surface area contributed by atoms with Crippen LogP contribution < -0.4 is 0 Å². The van der Waals surface area contributed by atoms with Crippen LogP contribution in [-0.2, 0) is 0 Å². The lowest BCUT2D eigenvalue weighted by atomic mass is 10.0. The Morgan fingerprint density at radius 3 is 2.25 bits per heavy atom. The van der Waals surface area contributed by atoms with E-state index in [2.05, 4.69) is 47.2 Å². The molecule has 2 atom stereocenters. The van der Waals surface area contributed by atoms with E-state index in [1.165, 1.54) is 0 Å². The van der Waals surface area contributed by atoms with Gasteiger partial charge in [0.1, 0.15) is 0 Å². The van der Waals surface area contributed by atoms with Crippen LogP contribution in [0.4, 0.5) is 0 Å². The van der Waals surface area contributed by atoms with Crippen molar-refractivity contribution in [2.45, 2.75) is 11.8 Å². The third-order valence-electron chi connectivity index (χ3n) is 1.32. The lowest BCUT2D eigenvalue weighted by Gasteiger charge is -2.11. The SMILES string of the molecule is CC1C=CC=CC1Br. The quantitative estimate of drug-likeness (QED) is 0.493. The molecule has 0 N–H and O–H groups in total. The fourth-order valence-corrected chi connectivity index (χ4v) is 1.04. The van der Waals surface area contributed by atoms with Crippen molar-refractivity contribution in [3.8, 4) is 0 Å². The molecular weight excluding hydrogens is 164 g/mol. The van der Waals surface area contributed by atoms with Crippen molar-refractivity contribution in [3.05, 3.63) is 24.3 Å². The van der Waals surface area contributed by atoms with Gasteiger partial charge in [-0.3, -0.25) is 0 Å². The first kappa shape index (κ1) is 6.09. The van der Waals surface area contributed by atoms with E-state index >= 15 is 0 Å². The molecule has 0 aliphatic heterocycles. The van der Waals surface area contributed by atoms with Crippen molar-refractivity contribution in [1.29, 1.82) is 0 Å². The molecule has 1 heteroatoms. The van der Waals surface area contributed by atoms with Crippen LogP contribution >= 0.6 is 15.9 Å². The summed E-state index contributed by atoms with van der Waals surface area (Å²) in [4.78, 5) is 0.549. The summed E-state index contributed by atoms with van der Waals surface area (Å²) in [7, 11) is 0. The van der Waals surface area contributed by atoms with E-state index in [9.17, 15) is 0 Å². The molecule has 0 fully saturated rings.